The molecule has 30 heavy (non-hydrogen) atoms. The molecule has 9 nitrogen and oxygen atoms in total. The molecule has 0 saturated carbocycles. The number of carbonyl (C=O) groups is 1. The molecule has 3 aromatic rings. The first-order valence-electron chi connectivity index (χ1n) is 8.61. The molecule has 11 heteroatoms. The van der Waals surface area contributed by atoms with Crippen molar-refractivity contribution in [3.05, 3.63) is 79.6 Å². The highest BCUT2D eigenvalue weighted by Crippen LogP contribution is 2.32. The fraction of sp³-hybridized carbons (Fsp3) is 0.105. The minimum Gasteiger partial charge on any atom is -0.334 e. The van der Waals surface area contributed by atoms with Crippen molar-refractivity contribution in [1.82, 2.24) is 15.4 Å². The summed E-state index contributed by atoms with van der Waals surface area (Å²) in [6, 6.07) is 10.0. The van der Waals surface area contributed by atoms with Gasteiger partial charge in [0.1, 0.15) is 6.33 Å². The molecule has 0 bridgehead atoms. The number of nitrogens with one attached hydrogen (secondary N) is 3. The molecule has 0 radical (unpaired) electrons. The first kappa shape index (κ1) is 21.3. The van der Waals surface area contributed by atoms with E-state index in [0.717, 1.165) is 17.5 Å². The number of amides is 1. The number of nitrogens with zero attached hydrogens (tertiary/aromatic N) is 3. The van der Waals surface area contributed by atoms with Gasteiger partial charge in [0.2, 0.25) is 11.6 Å². The number of carbonyl (C=O) groups excluding carboxylic acids is 1. The molecule has 0 aliphatic heterocycles. The summed E-state index contributed by atoms with van der Waals surface area (Å²) in [5.74, 6) is -0.833. The molecule has 0 spiro atoms. The van der Waals surface area contributed by atoms with Crippen molar-refractivity contribution >= 4 is 52.1 Å². The van der Waals surface area contributed by atoms with Crippen LogP contribution in [0.2, 0.25) is 10.0 Å². The molecule has 3 N–H and O–H groups in total. The van der Waals surface area contributed by atoms with Crippen LogP contribution in [0, 0.1) is 24.0 Å². The topological polar surface area (TPSA) is 122 Å². The molecule has 0 fully saturated rings. The van der Waals surface area contributed by atoms with Gasteiger partial charge in [0.25, 0.3) is 5.91 Å². The van der Waals surface area contributed by atoms with Crippen molar-refractivity contribution in [3.63, 3.8) is 0 Å². The maximum atomic E-state index is 12.4. The van der Waals surface area contributed by atoms with E-state index in [0.29, 0.717) is 10.7 Å². The minimum atomic E-state index is -0.642. The quantitative estimate of drug-likeness (QED) is 0.366. The van der Waals surface area contributed by atoms with E-state index in [9.17, 15) is 14.9 Å². The van der Waals surface area contributed by atoms with Gasteiger partial charge in [0.15, 0.2) is 0 Å². The van der Waals surface area contributed by atoms with E-state index in [4.69, 9.17) is 23.2 Å². The molecule has 2 aromatic carbocycles. The van der Waals surface area contributed by atoms with Crippen LogP contribution in [-0.4, -0.2) is 20.8 Å². The number of nitro groups is 1. The summed E-state index contributed by atoms with van der Waals surface area (Å²) < 4.78 is 0. The van der Waals surface area contributed by atoms with Gasteiger partial charge in [0, 0.05) is 10.7 Å². The number of rotatable bonds is 6. The average Bonchev–Trinajstić information content (AvgIpc) is 2.68. The maximum absolute atomic E-state index is 12.4. The van der Waals surface area contributed by atoms with Gasteiger partial charge in [-0.1, -0.05) is 35.3 Å². The van der Waals surface area contributed by atoms with Gasteiger partial charge >= 0.3 is 5.69 Å². The molecular formula is C19H16Cl2N6O3. The predicted molar refractivity (Wildman–Crippen MR) is 115 cm³/mol. The number of aromatic nitrogens is 2. The molecule has 154 valence electrons. The van der Waals surface area contributed by atoms with Gasteiger partial charge in [-0.3, -0.25) is 25.8 Å². The average molecular weight is 447 g/mol. The second-order valence-corrected chi connectivity index (χ2v) is 7.17. The van der Waals surface area contributed by atoms with Gasteiger partial charge < -0.3 is 5.32 Å². The Morgan fingerprint density at radius 1 is 1.07 bits per heavy atom. The second-order valence-electron chi connectivity index (χ2n) is 6.32. The van der Waals surface area contributed by atoms with Crippen molar-refractivity contribution < 1.29 is 9.72 Å². The van der Waals surface area contributed by atoms with Gasteiger partial charge in [0.05, 0.1) is 15.5 Å². The minimum absolute atomic E-state index is 0.0232. The zero-order valence-corrected chi connectivity index (χ0v) is 17.4. The largest absolute Gasteiger partial charge is 0.355 e. The SMILES string of the molecule is Cc1ccc(C)c(Nc2ncnc(NNC(=O)c3ccc(Cl)cc3Cl)c2[N+](=O)[O-])c1. The van der Waals surface area contributed by atoms with Crippen molar-refractivity contribution in [2.24, 2.45) is 0 Å². The van der Waals surface area contributed by atoms with Crippen molar-refractivity contribution in [2.45, 2.75) is 13.8 Å². The lowest BCUT2D eigenvalue weighted by Gasteiger charge is -2.13. The first-order valence-corrected chi connectivity index (χ1v) is 9.37. The molecule has 0 atom stereocenters. The molecular weight excluding hydrogens is 431 g/mol. The number of halogens is 2. The summed E-state index contributed by atoms with van der Waals surface area (Å²) in [5.41, 5.74) is 7.04. The molecule has 0 aliphatic rings. The monoisotopic (exact) mass is 446 g/mol. The van der Waals surface area contributed by atoms with E-state index < -0.39 is 16.5 Å². The Kier molecular flexibility index (Phi) is 6.34. The Labute approximate surface area is 181 Å². The van der Waals surface area contributed by atoms with Crippen LogP contribution in [0.4, 0.5) is 23.0 Å². The molecule has 1 amide bonds. The van der Waals surface area contributed by atoms with Crippen LogP contribution in [-0.2, 0) is 0 Å². The lowest BCUT2D eigenvalue weighted by molar-refractivity contribution is -0.383. The van der Waals surface area contributed by atoms with Crippen LogP contribution in [0.15, 0.2) is 42.7 Å². The molecule has 1 aromatic heterocycles. The van der Waals surface area contributed by atoms with Crippen molar-refractivity contribution in [2.75, 3.05) is 10.7 Å². The van der Waals surface area contributed by atoms with E-state index in [1.807, 2.05) is 32.0 Å². The van der Waals surface area contributed by atoms with Crippen LogP contribution < -0.4 is 16.2 Å². The fourth-order valence-corrected chi connectivity index (χ4v) is 3.08. The highest BCUT2D eigenvalue weighted by Gasteiger charge is 2.24. The standard InChI is InChI=1S/C19H16Cl2N6O3/c1-10-3-4-11(2)15(7-10)24-17-16(27(29)30)18(23-9-22-17)25-26-19(28)13-6-5-12(20)8-14(13)21/h3-9H,1-2H3,(H,26,28)(H2,22,23,24,25). The molecule has 1 heterocycles. The zero-order chi connectivity index (χ0) is 21.8. The number of aryl methyl sites for hydroxylation is 2. The summed E-state index contributed by atoms with van der Waals surface area (Å²) in [6.07, 6.45) is 1.14. The first-order chi connectivity index (χ1) is 14.3. The summed E-state index contributed by atoms with van der Waals surface area (Å²) >= 11 is 11.8. The second kappa shape index (κ2) is 8.93. The van der Waals surface area contributed by atoms with Crippen LogP contribution >= 0.6 is 23.2 Å². The van der Waals surface area contributed by atoms with E-state index in [-0.39, 0.29) is 22.2 Å². The van der Waals surface area contributed by atoms with Gasteiger partial charge in [-0.15, -0.1) is 0 Å². The highest BCUT2D eigenvalue weighted by atomic mass is 35.5. The predicted octanol–water partition coefficient (Wildman–Crippen LogP) is 4.81. The number of hydrazine groups is 1. The molecule has 3 rings (SSSR count). The van der Waals surface area contributed by atoms with E-state index in [1.165, 1.54) is 18.2 Å². The van der Waals surface area contributed by atoms with Crippen molar-refractivity contribution in [1.29, 1.82) is 0 Å². The summed E-state index contributed by atoms with van der Waals surface area (Å²) in [4.78, 5) is 31.3. The lowest BCUT2D eigenvalue weighted by Crippen LogP contribution is -2.30. The summed E-state index contributed by atoms with van der Waals surface area (Å²) in [6.45, 7) is 3.77. The van der Waals surface area contributed by atoms with Gasteiger partial charge in [-0.2, -0.15) is 0 Å². The van der Waals surface area contributed by atoms with E-state index >= 15 is 0 Å². The van der Waals surface area contributed by atoms with E-state index in [2.05, 4.69) is 26.1 Å². The maximum Gasteiger partial charge on any atom is 0.355 e. The Bertz CT molecular complexity index is 1140. The lowest BCUT2D eigenvalue weighted by atomic mass is 10.1. The normalized spacial score (nSPS) is 10.4. The summed E-state index contributed by atoms with van der Waals surface area (Å²) in [7, 11) is 0. The van der Waals surface area contributed by atoms with Gasteiger partial charge in [-0.25, -0.2) is 9.97 Å². The van der Waals surface area contributed by atoms with Crippen LogP contribution in [0.1, 0.15) is 21.5 Å². The Morgan fingerprint density at radius 2 is 1.80 bits per heavy atom. The fourth-order valence-electron chi connectivity index (χ4n) is 2.59. The van der Waals surface area contributed by atoms with E-state index in [1.54, 1.807) is 0 Å². The third-order valence-corrected chi connectivity index (χ3v) is 4.67. The smallest absolute Gasteiger partial charge is 0.334 e. The molecule has 0 unspecified atom stereocenters. The summed E-state index contributed by atoms with van der Waals surface area (Å²) in [5, 5.41) is 15.2. The van der Waals surface area contributed by atoms with Crippen LogP contribution in [0.25, 0.3) is 0 Å². The van der Waals surface area contributed by atoms with Gasteiger partial charge in [-0.05, 0) is 49.2 Å². The number of anilines is 3. The Hall–Kier alpha value is -3.43. The molecule has 0 aliphatic carbocycles. The van der Waals surface area contributed by atoms with Crippen LogP contribution in [0.3, 0.4) is 0 Å². The van der Waals surface area contributed by atoms with Crippen LogP contribution in [0.5, 0.6) is 0 Å². The number of hydrogen-bond acceptors (Lipinski definition) is 7. The third-order valence-electron chi connectivity index (χ3n) is 4.12. The zero-order valence-electron chi connectivity index (χ0n) is 15.9. The Balaban J connectivity index is 1.86. The van der Waals surface area contributed by atoms with Crippen molar-refractivity contribution in [3.8, 4) is 0 Å². The highest BCUT2D eigenvalue weighted by molar-refractivity contribution is 6.36. The molecule has 0 saturated heterocycles. The third kappa shape index (κ3) is 4.76. The Morgan fingerprint density at radius 3 is 2.50 bits per heavy atom. The number of hydrogen-bond donors (Lipinski definition) is 3. The number of benzene rings is 2.